The molecule has 1 aromatic carbocycles. The number of nitrogens with one attached hydrogen (secondary N) is 1. The summed E-state index contributed by atoms with van der Waals surface area (Å²) in [7, 11) is 0. The molecule has 0 aliphatic heterocycles. The second kappa shape index (κ2) is 7.26. The third-order valence-electron chi connectivity index (χ3n) is 2.72. The molecular formula is C14H14ClF3N2. The quantitative estimate of drug-likeness (QED) is 0.929. The van der Waals surface area contributed by atoms with Crippen LogP contribution in [0.25, 0.3) is 0 Å². The fourth-order valence-corrected chi connectivity index (χ4v) is 1.79. The molecule has 1 heterocycles. The first-order valence-corrected chi connectivity index (χ1v) is 5.82. The molecule has 0 bridgehead atoms. The third kappa shape index (κ3) is 4.51. The monoisotopic (exact) mass is 302 g/mol. The molecule has 0 aliphatic carbocycles. The Bertz CT molecular complexity index is 529. The lowest BCUT2D eigenvalue weighted by molar-refractivity contribution is -0.138. The van der Waals surface area contributed by atoms with Crippen molar-refractivity contribution < 1.29 is 13.2 Å². The smallest absolute Gasteiger partial charge is 0.309 e. The molecular weight excluding hydrogens is 289 g/mol. The summed E-state index contributed by atoms with van der Waals surface area (Å²) in [5, 5.41) is 3.00. The largest absolute Gasteiger partial charge is 0.416 e. The van der Waals surface area contributed by atoms with Crippen LogP contribution >= 0.6 is 12.4 Å². The lowest BCUT2D eigenvalue weighted by Gasteiger charge is -2.13. The number of hydrogen-bond acceptors (Lipinski definition) is 2. The molecule has 0 spiro atoms. The van der Waals surface area contributed by atoms with E-state index in [2.05, 4.69) is 10.3 Å². The summed E-state index contributed by atoms with van der Waals surface area (Å²) in [5.74, 6) is 0. The van der Waals surface area contributed by atoms with Crippen LogP contribution in [0, 0.1) is 0 Å². The van der Waals surface area contributed by atoms with E-state index >= 15 is 0 Å². The van der Waals surface area contributed by atoms with Crippen molar-refractivity contribution in [2.45, 2.75) is 19.3 Å². The van der Waals surface area contributed by atoms with Gasteiger partial charge < -0.3 is 5.32 Å². The summed E-state index contributed by atoms with van der Waals surface area (Å²) >= 11 is 0. The van der Waals surface area contributed by atoms with Crippen molar-refractivity contribution in [2.24, 2.45) is 0 Å². The van der Waals surface area contributed by atoms with Crippen LogP contribution in [-0.2, 0) is 19.3 Å². The van der Waals surface area contributed by atoms with Gasteiger partial charge in [0.1, 0.15) is 0 Å². The van der Waals surface area contributed by atoms with Crippen LogP contribution in [0.5, 0.6) is 0 Å². The highest BCUT2D eigenvalue weighted by Gasteiger charge is 2.32. The molecule has 2 rings (SSSR count). The van der Waals surface area contributed by atoms with Gasteiger partial charge in [-0.05, 0) is 29.3 Å². The summed E-state index contributed by atoms with van der Waals surface area (Å²) in [6.45, 7) is 0.687. The van der Waals surface area contributed by atoms with Crippen molar-refractivity contribution in [3.8, 4) is 0 Å². The molecule has 20 heavy (non-hydrogen) atoms. The number of nitrogens with zero attached hydrogens (tertiary/aromatic N) is 1. The van der Waals surface area contributed by atoms with E-state index in [1.54, 1.807) is 18.5 Å². The van der Waals surface area contributed by atoms with Gasteiger partial charge in [0.25, 0.3) is 0 Å². The standard InChI is InChI=1S/C14H13F3N2.ClH/c15-14(16,17)13-4-2-1-3-12(13)10-19-9-11-5-7-18-8-6-11;/h1-8,19H,9-10H2;1H. The highest BCUT2D eigenvalue weighted by atomic mass is 35.5. The van der Waals surface area contributed by atoms with Crippen LogP contribution in [0.1, 0.15) is 16.7 Å². The Morgan fingerprint density at radius 1 is 0.950 bits per heavy atom. The van der Waals surface area contributed by atoms with E-state index in [0.717, 1.165) is 11.6 Å². The van der Waals surface area contributed by atoms with Gasteiger partial charge in [-0.15, -0.1) is 12.4 Å². The molecule has 0 unspecified atom stereocenters. The molecule has 0 amide bonds. The van der Waals surface area contributed by atoms with Gasteiger partial charge in [-0.1, -0.05) is 18.2 Å². The zero-order valence-electron chi connectivity index (χ0n) is 10.5. The predicted octanol–water partition coefficient (Wildman–Crippen LogP) is 3.81. The molecule has 0 aliphatic rings. The average molecular weight is 303 g/mol. The number of pyridine rings is 1. The van der Waals surface area contributed by atoms with Gasteiger partial charge in [-0.3, -0.25) is 4.98 Å². The third-order valence-corrected chi connectivity index (χ3v) is 2.72. The van der Waals surface area contributed by atoms with E-state index in [4.69, 9.17) is 0 Å². The van der Waals surface area contributed by atoms with E-state index in [0.29, 0.717) is 6.54 Å². The molecule has 0 radical (unpaired) electrons. The Morgan fingerprint density at radius 2 is 1.60 bits per heavy atom. The van der Waals surface area contributed by atoms with Crippen molar-refractivity contribution in [3.05, 3.63) is 65.5 Å². The summed E-state index contributed by atoms with van der Waals surface area (Å²) in [6, 6.07) is 9.24. The van der Waals surface area contributed by atoms with Gasteiger partial charge >= 0.3 is 6.18 Å². The lowest BCUT2D eigenvalue weighted by atomic mass is 10.1. The molecule has 2 nitrogen and oxygen atoms in total. The maximum Gasteiger partial charge on any atom is 0.416 e. The summed E-state index contributed by atoms with van der Waals surface area (Å²) in [4.78, 5) is 3.88. The van der Waals surface area contributed by atoms with Crippen LogP contribution in [0.2, 0.25) is 0 Å². The van der Waals surface area contributed by atoms with Gasteiger partial charge in [0.05, 0.1) is 5.56 Å². The van der Waals surface area contributed by atoms with Gasteiger partial charge in [0.15, 0.2) is 0 Å². The first-order valence-electron chi connectivity index (χ1n) is 5.82. The van der Waals surface area contributed by atoms with Crippen LogP contribution in [0.3, 0.4) is 0 Å². The van der Waals surface area contributed by atoms with Gasteiger partial charge in [-0.2, -0.15) is 13.2 Å². The Balaban J connectivity index is 0.00000200. The number of halogens is 4. The minimum Gasteiger partial charge on any atom is -0.309 e. The van der Waals surface area contributed by atoms with Crippen molar-refractivity contribution in [2.75, 3.05) is 0 Å². The predicted molar refractivity (Wildman–Crippen MR) is 73.5 cm³/mol. The molecule has 6 heteroatoms. The maximum absolute atomic E-state index is 12.8. The number of benzene rings is 1. The van der Waals surface area contributed by atoms with Gasteiger partial charge in [0.2, 0.25) is 0 Å². The lowest BCUT2D eigenvalue weighted by Crippen LogP contribution is -2.17. The molecule has 0 saturated carbocycles. The van der Waals surface area contributed by atoms with Crippen molar-refractivity contribution in [1.29, 1.82) is 0 Å². The van der Waals surface area contributed by atoms with Crippen LogP contribution in [0.4, 0.5) is 13.2 Å². The van der Waals surface area contributed by atoms with Gasteiger partial charge in [-0.25, -0.2) is 0 Å². The number of aromatic nitrogens is 1. The number of alkyl halides is 3. The Hall–Kier alpha value is -1.59. The zero-order valence-corrected chi connectivity index (χ0v) is 11.3. The number of hydrogen-bond donors (Lipinski definition) is 1. The fourth-order valence-electron chi connectivity index (χ4n) is 1.79. The van der Waals surface area contributed by atoms with Crippen LogP contribution < -0.4 is 5.32 Å². The van der Waals surface area contributed by atoms with Crippen molar-refractivity contribution in [1.82, 2.24) is 10.3 Å². The highest BCUT2D eigenvalue weighted by molar-refractivity contribution is 5.85. The fraction of sp³-hybridized carbons (Fsp3) is 0.214. The van der Waals surface area contributed by atoms with Crippen LogP contribution in [-0.4, -0.2) is 4.98 Å². The second-order valence-corrected chi connectivity index (χ2v) is 4.11. The Labute approximate surface area is 121 Å². The summed E-state index contributed by atoms with van der Waals surface area (Å²) in [5.41, 5.74) is 0.653. The minimum atomic E-state index is -4.31. The molecule has 0 fully saturated rings. The molecule has 0 atom stereocenters. The number of rotatable bonds is 4. The molecule has 1 aromatic heterocycles. The molecule has 0 saturated heterocycles. The maximum atomic E-state index is 12.8. The van der Waals surface area contributed by atoms with Crippen LogP contribution in [0.15, 0.2) is 48.8 Å². The second-order valence-electron chi connectivity index (χ2n) is 4.11. The summed E-state index contributed by atoms with van der Waals surface area (Å²) in [6.07, 6.45) is -1.00. The normalized spacial score (nSPS) is 10.9. The van der Waals surface area contributed by atoms with Crippen molar-refractivity contribution in [3.63, 3.8) is 0 Å². The van der Waals surface area contributed by atoms with E-state index in [1.807, 2.05) is 12.1 Å². The average Bonchev–Trinajstić information content (AvgIpc) is 2.39. The SMILES string of the molecule is Cl.FC(F)(F)c1ccccc1CNCc1ccncc1. The highest BCUT2D eigenvalue weighted by Crippen LogP contribution is 2.31. The molecule has 2 aromatic rings. The minimum absolute atomic E-state index is 0. The summed E-state index contributed by atoms with van der Waals surface area (Å²) < 4.78 is 38.3. The first-order chi connectivity index (χ1) is 9.07. The molecule has 108 valence electrons. The molecule has 1 N–H and O–H groups in total. The zero-order chi connectivity index (χ0) is 13.7. The van der Waals surface area contributed by atoms with E-state index in [1.165, 1.54) is 12.1 Å². The Kier molecular flexibility index (Phi) is 5.98. The van der Waals surface area contributed by atoms with E-state index in [-0.39, 0.29) is 24.5 Å². The van der Waals surface area contributed by atoms with Crippen molar-refractivity contribution >= 4 is 12.4 Å². The topological polar surface area (TPSA) is 24.9 Å². The Morgan fingerprint density at radius 3 is 2.25 bits per heavy atom. The van der Waals surface area contributed by atoms with E-state index < -0.39 is 11.7 Å². The first kappa shape index (κ1) is 16.5. The van der Waals surface area contributed by atoms with Gasteiger partial charge in [0, 0.05) is 25.5 Å². The van der Waals surface area contributed by atoms with E-state index in [9.17, 15) is 13.2 Å².